The minimum Gasteiger partial charge on any atom is -0.433 e. The number of rotatable bonds is 3. The second-order valence-electron chi connectivity index (χ2n) is 3.02. The minimum absolute atomic E-state index is 0.168. The maximum atomic E-state index is 12.5. The molecule has 14 heavy (non-hydrogen) atoms. The average Bonchev–Trinajstić information content (AvgIpc) is 2.01. The third-order valence-electron chi connectivity index (χ3n) is 1.70. The lowest BCUT2D eigenvalue weighted by Gasteiger charge is -2.13. The molecule has 0 radical (unpaired) electrons. The summed E-state index contributed by atoms with van der Waals surface area (Å²) in [7, 11) is 0. The SMILES string of the molecule is CCc1ccc(OC(C)(F)F)cc1Br. The number of ether oxygens (including phenoxy) is 1. The van der Waals surface area contributed by atoms with Crippen LogP contribution in [0.25, 0.3) is 0 Å². The lowest BCUT2D eigenvalue weighted by Crippen LogP contribution is -2.19. The van der Waals surface area contributed by atoms with Crippen molar-refractivity contribution < 1.29 is 13.5 Å². The molecule has 78 valence electrons. The fourth-order valence-electron chi connectivity index (χ4n) is 1.09. The van der Waals surface area contributed by atoms with Gasteiger partial charge >= 0.3 is 6.11 Å². The van der Waals surface area contributed by atoms with Crippen LogP contribution in [0.5, 0.6) is 5.75 Å². The van der Waals surface area contributed by atoms with Gasteiger partial charge in [-0.15, -0.1) is 0 Å². The van der Waals surface area contributed by atoms with Crippen LogP contribution in [0.15, 0.2) is 22.7 Å². The first kappa shape index (κ1) is 11.4. The zero-order chi connectivity index (χ0) is 10.8. The molecule has 0 unspecified atom stereocenters. The summed E-state index contributed by atoms with van der Waals surface area (Å²) in [6.45, 7) is 2.71. The van der Waals surface area contributed by atoms with E-state index in [0.29, 0.717) is 6.92 Å². The highest BCUT2D eigenvalue weighted by Crippen LogP contribution is 2.27. The minimum atomic E-state index is -3.13. The summed E-state index contributed by atoms with van der Waals surface area (Å²) >= 11 is 3.29. The number of hydrogen-bond acceptors (Lipinski definition) is 1. The maximum Gasteiger partial charge on any atom is 0.394 e. The van der Waals surface area contributed by atoms with Gasteiger partial charge in [0.25, 0.3) is 0 Å². The Hall–Kier alpha value is -0.640. The molecule has 1 aromatic carbocycles. The van der Waals surface area contributed by atoms with Crippen molar-refractivity contribution in [3.63, 3.8) is 0 Å². The zero-order valence-corrected chi connectivity index (χ0v) is 9.57. The second-order valence-corrected chi connectivity index (χ2v) is 3.87. The molecule has 0 saturated carbocycles. The van der Waals surface area contributed by atoms with Gasteiger partial charge in [0.2, 0.25) is 0 Å². The predicted molar refractivity (Wildman–Crippen MR) is 54.8 cm³/mol. The smallest absolute Gasteiger partial charge is 0.394 e. The summed E-state index contributed by atoms with van der Waals surface area (Å²) in [5, 5.41) is 0. The Morgan fingerprint density at radius 2 is 2.07 bits per heavy atom. The Labute approximate surface area is 90.2 Å². The quantitative estimate of drug-likeness (QED) is 0.802. The van der Waals surface area contributed by atoms with Gasteiger partial charge in [-0.25, -0.2) is 0 Å². The number of hydrogen-bond donors (Lipinski definition) is 0. The van der Waals surface area contributed by atoms with E-state index in [1.807, 2.05) is 6.92 Å². The lowest BCUT2D eigenvalue weighted by atomic mass is 10.2. The first-order valence-electron chi connectivity index (χ1n) is 4.27. The number of alkyl halides is 2. The molecule has 0 aliphatic rings. The van der Waals surface area contributed by atoms with E-state index in [9.17, 15) is 8.78 Å². The van der Waals surface area contributed by atoms with Gasteiger partial charge in [-0.3, -0.25) is 0 Å². The van der Waals surface area contributed by atoms with Gasteiger partial charge < -0.3 is 4.74 Å². The van der Waals surface area contributed by atoms with Crippen LogP contribution in [0, 0.1) is 0 Å². The number of aryl methyl sites for hydroxylation is 1. The van der Waals surface area contributed by atoms with Crippen molar-refractivity contribution in [1.82, 2.24) is 0 Å². The summed E-state index contributed by atoms with van der Waals surface area (Å²) < 4.78 is 30.2. The molecule has 1 nitrogen and oxygen atoms in total. The molecule has 0 aromatic heterocycles. The van der Waals surface area contributed by atoms with E-state index in [-0.39, 0.29) is 5.75 Å². The van der Waals surface area contributed by atoms with E-state index in [1.54, 1.807) is 18.2 Å². The van der Waals surface area contributed by atoms with Gasteiger partial charge in [0.05, 0.1) is 0 Å². The van der Waals surface area contributed by atoms with E-state index in [1.165, 1.54) is 0 Å². The second kappa shape index (κ2) is 4.26. The molecule has 0 atom stereocenters. The first-order chi connectivity index (χ1) is 6.42. The summed E-state index contributed by atoms with van der Waals surface area (Å²) in [5.74, 6) is 0.168. The summed E-state index contributed by atoms with van der Waals surface area (Å²) in [6, 6.07) is 4.86. The van der Waals surface area contributed by atoms with Crippen molar-refractivity contribution in [1.29, 1.82) is 0 Å². The van der Waals surface area contributed by atoms with Gasteiger partial charge in [0.1, 0.15) is 5.75 Å². The van der Waals surface area contributed by atoms with Gasteiger partial charge in [0, 0.05) is 11.4 Å². The van der Waals surface area contributed by atoms with Crippen LogP contribution in [-0.2, 0) is 6.42 Å². The van der Waals surface area contributed by atoms with Gasteiger partial charge in [0.15, 0.2) is 0 Å². The molecule has 0 saturated heterocycles. The van der Waals surface area contributed by atoms with Crippen molar-refractivity contribution in [2.75, 3.05) is 0 Å². The molecule has 0 fully saturated rings. The van der Waals surface area contributed by atoms with Gasteiger partial charge in [-0.2, -0.15) is 8.78 Å². The van der Waals surface area contributed by atoms with Crippen LogP contribution in [-0.4, -0.2) is 6.11 Å². The Balaban J connectivity index is 2.87. The van der Waals surface area contributed by atoms with Crippen molar-refractivity contribution in [3.05, 3.63) is 28.2 Å². The average molecular weight is 265 g/mol. The third-order valence-corrected chi connectivity index (χ3v) is 2.44. The lowest BCUT2D eigenvalue weighted by molar-refractivity contribution is -0.158. The molecule has 0 N–H and O–H groups in total. The molecule has 0 amide bonds. The van der Waals surface area contributed by atoms with Crippen LogP contribution in [0.4, 0.5) is 8.78 Å². The maximum absolute atomic E-state index is 12.5. The Kier molecular flexibility index (Phi) is 3.48. The van der Waals surface area contributed by atoms with Crippen molar-refractivity contribution >= 4 is 15.9 Å². The highest BCUT2D eigenvalue weighted by molar-refractivity contribution is 9.10. The molecule has 1 aromatic rings. The molecule has 1 rings (SSSR count). The highest BCUT2D eigenvalue weighted by Gasteiger charge is 2.23. The van der Waals surface area contributed by atoms with Crippen molar-refractivity contribution in [3.8, 4) is 5.75 Å². The van der Waals surface area contributed by atoms with E-state index >= 15 is 0 Å². The van der Waals surface area contributed by atoms with Crippen LogP contribution in [0.2, 0.25) is 0 Å². The van der Waals surface area contributed by atoms with E-state index < -0.39 is 6.11 Å². The van der Waals surface area contributed by atoms with E-state index in [2.05, 4.69) is 20.7 Å². The Bertz CT molecular complexity index is 320. The van der Waals surface area contributed by atoms with Crippen LogP contribution >= 0.6 is 15.9 Å². The van der Waals surface area contributed by atoms with Crippen LogP contribution in [0.3, 0.4) is 0 Å². The first-order valence-corrected chi connectivity index (χ1v) is 5.07. The van der Waals surface area contributed by atoms with Crippen molar-refractivity contribution in [2.24, 2.45) is 0 Å². The summed E-state index contributed by atoms with van der Waals surface area (Å²) in [5.41, 5.74) is 1.07. The Morgan fingerprint density at radius 3 is 2.50 bits per heavy atom. The Morgan fingerprint density at radius 1 is 1.43 bits per heavy atom. The normalized spacial score (nSPS) is 11.5. The molecule has 0 aliphatic carbocycles. The number of benzene rings is 1. The molecular formula is C10H11BrF2O. The van der Waals surface area contributed by atoms with Crippen LogP contribution < -0.4 is 4.74 Å². The van der Waals surface area contributed by atoms with E-state index in [0.717, 1.165) is 16.5 Å². The molecular weight excluding hydrogens is 254 g/mol. The molecule has 0 spiro atoms. The largest absolute Gasteiger partial charge is 0.433 e. The molecule has 4 heteroatoms. The fraction of sp³-hybridized carbons (Fsp3) is 0.400. The van der Waals surface area contributed by atoms with Gasteiger partial charge in [-0.1, -0.05) is 28.9 Å². The van der Waals surface area contributed by atoms with E-state index in [4.69, 9.17) is 0 Å². The monoisotopic (exact) mass is 264 g/mol. The summed E-state index contributed by atoms with van der Waals surface area (Å²) in [6.07, 6.45) is -2.28. The molecule has 0 aliphatic heterocycles. The predicted octanol–water partition coefficient (Wildman–Crippen LogP) is 4.00. The van der Waals surface area contributed by atoms with Crippen LogP contribution in [0.1, 0.15) is 19.4 Å². The third kappa shape index (κ3) is 3.25. The highest BCUT2D eigenvalue weighted by atomic mass is 79.9. The van der Waals surface area contributed by atoms with Crippen molar-refractivity contribution in [2.45, 2.75) is 26.4 Å². The summed E-state index contributed by atoms with van der Waals surface area (Å²) in [4.78, 5) is 0. The molecule has 0 heterocycles. The standard InChI is InChI=1S/C10H11BrF2O/c1-3-7-4-5-8(6-9(7)11)14-10(2,12)13/h4-6H,3H2,1-2H3. The van der Waals surface area contributed by atoms with Gasteiger partial charge in [-0.05, 0) is 24.1 Å². The fourth-order valence-corrected chi connectivity index (χ4v) is 1.72. The topological polar surface area (TPSA) is 9.23 Å². The zero-order valence-electron chi connectivity index (χ0n) is 7.98. The molecule has 0 bridgehead atoms. The number of halogens is 3.